The molecule has 0 saturated heterocycles. The van der Waals surface area contributed by atoms with Crippen LogP contribution in [0.3, 0.4) is 0 Å². The molecule has 1 aromatic rings. The molecule has 0 atom stereocenters. The second kappa shape index (κ2) is 10.2. The van der Waals surface area contributed by atoms with Crippen molar-refractivity contribution in [3.8, 4) is 5.75 Å². The monoisotopic (exact) mass is 263 g/mol. The van der Waals surface area contributed by atoms with Crippen LogP contribution in [0.1, 0.15) is 32.6 Å². The molecule has 0 heterocycles. The van der Waals surface area contributed by atoms with Gasteiger partial charge in [0.2, 0.25) is 0 Å². The second-order valence-electron chi connectivity index (χ2n) is 4.42. The van der Waals surface area contributed by atoms with E-state index in [1.807, 2.05) is 30.3 Å². The Morgan fingerprint density at radius 3 is 2.74 bits per heavy atom. The summed E-state index contributed by atoms with van der Waals surface area (Å²) in [4.78, 5) is 4.27. The third kappa shape index (κ3) is 8.08. The molecule has 4 nitrogen and oxygen atoms in total. The zero-order chi connectivity index (χ0) is 13.8. The average Bonchev–Trinajstić information content (AvgIpc) is 2.44. The predicted octanol–water partition coefficient (Wildman–Crippen LogP) is 2.55. The van der Waals surface area contributed by atoms with Crippen molar-refractivity contribution in [2.45, 2.75) is 32.6 Å². The third-order valence-electron chi connectivity index (χ3n) is 2.71. The van der Waals surface area contributed by atoms with Crippen molar-refractivity contribution in [1.82, 2.24) is 5.32 Å². The summed E-state index contributed by atoms with van der Waals surface area (Å²) in [5.74, 6) is 1.38. The number of unbranched alkanes of at least 4 members (excludes halogenated alkanes) is 3. The zero-order valence-corrected chi connectivity index (χ0v) is 11.8. The summed E-state index contributed by atoms with van der Waals surface area (Å²) in [5.41, 5.74) is 5.75. The molecule has 0 amide bonds. The Labute approximate surface area is 116 Å². The molecule has 0 fully saturated rings. The molecule has 4 heteroatoms. The van der Waals surface area contributed by atoms with Gasteiger partial charge in [-0.1, -0.05) is 44.4 Å². The van der Waals surface area contributed by atoms with E-state index in [-0.39, 0.29) is 0 Å². The quantitative estimate of drug-likeness (QED) is 0.409. The van der Waals surface area contributed by atoms with E-state index in [2.05, 4.69) is 17.2 Å². The molecular weight excluding hydrogens is 238 g/mol. The topological polar surface area (TPSA) is 59.6 Å². The minimum atomic E-state index is 0.508. The molecule has 3 N–H and O–H groups in total. The van der Waals surface area contributed by atoms with Crippen molar-refractivity contribution in [3.63, 3.8) is 0 Å². The zero-order valence-electron chi connectivity index (χ0n) is 11.8. The molecular formula is C15H25N3O. The number of nitrogens with zero attached hydrogens (tertiary/aromatic N) is 1. The van der Waals surface area contributed by atoms with Crippen LogP contribution >= 0.6 is 0 Å². The highest BCUT2D eigenvalue weighted by Crippen LogP contribution is 2.07. The van der Waals surface area contributed by atoms with E-state index in [0.29, 0.717) is 19.1 Å². The highest BCUT2D eigenvalue weighted by atomic mass is 16.5. The van der Waals surface area contributed by atoms with E-state index in [9.17, 15) is 0 Å². The van der Waals surface area contributed by atoms with Gasteiger partial charge in [-0.25, -0.2) is 0 Å². The van der Waals surface area contributed by atoms with Crippen LogP contribution in [0.2, 0.25) is 0 Å². The van der Waals surface area contributed by atoms with Crippen LogP contribution in [-0.4, -0.2) is 25.7 Å². The van der Waals surface area contributed by atoms with Gasteiger partial charge in [-0.05, 0) is 18.6 Å². The second-order valence-corrected chi connectivity index (χ2v) is 4.42. The normalized spacial score (nSPS) is 11.3. The minimum absolute atomic E-state index is 0.508. The maximum Gasteiger partial charge on any atom is 0.188 e. The van der Waals surface area contributed by atoms with Crippen molar-refractivity contribution >= 4 is 5.96 Å². The summed E-state index contributed by atoms with van der Waals surface area (Å²) in [5, 5.41) is 3.05. The Kier molecular flexibility index (Phi) is 8.27. The molecule has 0 spiro atoms. The molecule has 19 heavy (non-hydrogen) atoms. The van der Waals surface area contributed by atoms with Gasteiger partial charge >= 0.3 is 0 Å². The van der Waals surface area contributed by atoms with Crippen LogP contribution in [0.15, 0.2) is 35.3 Å². The largest absolute Gasteiger partial charge is 0.492 e. The van der Waals surface area contributed by atoms with E-state index in [0.717, 1.165) is 18.7 Å². The highest BCUT2D eigenvalue weighted by Gasteiger charge is 1.93. The molecule has 0 saturated carbocycles. The van der Waals surface area contributed by atoms with Gasteiger partial charge in [-0.3, -0.25) is 4.99 Å². The Balaban J connectivity index is 2.03. The van der Waals surface area contributed by atoms with Crippen molar-refractivity contribution in [2.24, 2.45) is 10.7 Å². The fraction of sp³-hybridized carbons (Fsp3) is 0.533. The smallest absolute Gasteiger partial charge is 0.188 e. The third-order valence-corrected chi connectivity index (χ3v) is 2.71. The minimum Gasteiger partial charge on any atom is -0.492 e. The average molecular weight is 263 g/mol. The summed E-state index contributed by atoms with van der Waals surface area (Å²) in [6.07, 6.45) is 4.85. The lowest BCUT2D eigenvalue weighted by molar-refractivity contribution is 0.322. The number of para-hydroxylation sites is 1. The molecule has 106 valence electrons. The number of nitrogens with one attached hydrogen (secondary N) is 1. The van der Waals surface area contributed by atoms with Crippen molar-refractivity contribution in [2.75, 3.05) is 19.7 Å². The maximum atomic E-state index is 5.75. The van der Waals surface area contributed by atoms with Gasteiger partial charge in [0.1, 0.15) is 12.4 Å². The molecule has 0 aliphatic carbocycles. The Bertz CT molecular complexity index is 352. The first-order valence-electron chi connectivity index (χ1n) is 7.04. The lowest BCUT2D eigenvalue weighted by Gasteiger charge is -2.07. The highest BCUT2D eigenvalue weighted by molar-refractivity contribution is 5.77. The summed E-state index contributed by atoms with van der Waals surface area (Å²) in [6, 6.07) is 9.74. The summed E-state index contributed by atoms with van der Waals surface area (Å²) >= 11 is 0. The van der Waals surface area contributed by atoms with Gasteiger partial charge in [-0.2, -0.15) is 0 Å². The number of benzene rings is 1. The molecule has 0 aliphatic heterocycles. The van der Waals surface area contributed by atoms with Crippen molar-refractivity contribution in [3.05, 3.63) is 30.3 Å². The van der Waals surface area contributed by atoms with E-state index in [4.69, 9.17) is 10.5 Å². The van der Waals surface area contributed by atoms with Crippen molar-refractivity contribution < 1.29 is 4.74 Å². The van der Waals surface area contributed by atoms with Crippen LogP contribution in [0.25, 0.3) is 0 Å². The van der Waals surface area contributed by atoms with Crippen LogP contribution < -0.4 is 15.8 Å². The SMILES string of the molecule is CCCCCCN=C(N)NCCOc1ccccc1. The van der Waals surface area contributed by atoms with E-state index >= 15 is 0 Å². The van der Waals surface area contributed by atoms with E-state index in [1.165, 1.54) is 19.3 Å². The van der Waals surface area contributed by atoms with Gasteiger partial charge in [0.25, 0.3) is 0 Å². The molecule has 0 unspecified atom stereocenters. The first-order valence-corrected chi connectivity index (χ1v) is 7.04. The van der Waals surface area contributed by atoms with Gasteiger partial charge < -0.3 is 15.8 Å². The molecule has 0 bridgehead atoms. The number of hydrogen-bond donors (Lipinski definition) is 2. The van der Waals surface area contributed by atoms with Crippen LogP contribution in [0.5, 0.6) is 5.75 Å². The van der Waals surface area contributed by atoms with Gasteiger partial charge in [0.15, 0.2) is 5.96 Å². The fourth-order valence-electron chi connectivity index (χ4n) is 1.66. The van der Waals surface area contributed by atoms with Crippen LogP contribution in [0.4, 0.5) is 0 Å². The van der Waals surface area contributed by atoms with Crippen molar-refractivity contribution in [1.29, 1.82) is 0 Å². The Morgan fingerprint density at radius 1 is 1.21 bits per heavy atom. The number of ether oxygens (including phenoxy) is 1. The number of rotatable bonds is 9. The predicted molar refractivity (Wildman–Crippen MR) is 80.6 cm³/mol. The maximum absolute atomic E-state index is 5.75. The number of nitrogens with two attached hydrogens (primary N) is 1. The number of aliphatic imine (C=N–C) groups is 1. The first-order chi connectivity index (χ1) is 9.33. The summed E-state index contributed by atoms with van der Waals surface area (Å²) in [6.45, 7) is 4.25. The van der Waals surface area contributed by atoms with Crippen LogP contribution in [-0.2, 0) is 0 Å². The fourth-order valence-corrected chi connectivity index (χ4v) is 1.66. The molecule has 1 rings (SSSR count). The standard InChI is InChI=1S/C15H25N3O/c1-2-3-4-8-11-17-15(16)18-12-13-19-14-9-6-5-7-10-14/h5-7,9-10H,2-4,8,11-13H2,1H3,(H3,16,17,18). The van der Waals surface area contributed by atoms with Gasteiger partial charge in [0.05, 0.1) is 6.54 Å². The van der Waals surface area contributed by atoms with E-state index < -0.39 is 0 Å². The van der Waals surface area contributed by atoms with Gasteiger partial charge in [-0.15, -0.1) is 0 Å². The Morgan fingerprint density at radius 2 is 2.00 bits per heavy atom. The lowest BCUT2D eigenvalue weighted by Crippen LogP contribution is -2.34. The molecule has 0 aromatic heterocycles. The number of hydrogen-bond acceptors (Lipinski definition) is 2. The van der Waals surface area contributed by atoms with E-state index in [1.54, 1.807) is 0 Å². The molecule has 0 radical (unpaired) electrons. The summed E-state index contributed by atoms with van der Waals surface area (Å²) in [7, 11) is 0. The molecule has 0 aliphatic rings. The Hall–Kier alpha value is -1.71. The lowest BCUT2D eigenvalue weighted by atomic mass is 10.2. The number of guanidine groups is 1. The van der Waals surface area contributed by atoms with Gasteiger partial charge in [0, 0.05) is 6.54 Å². The first kappa shape index (κ1) is 15.3. The summed E-state index contributed by atoms with van der Waals surface area (Å²) < 4.78 is 5.54. The molecule has 1 aromatic carbocycles. The van der Waals surface area contributed by atoms with Crippen LogP contribution in [0, 0.1) is 0 Å².